The molecule has 1 aromatic carbocycles. The minimum absolute atomic E-state index is 0.537. The number of benzene rings is 1. The maximum Gasteiger partial charge on any atom is 0.211 e. The first-order valence-corrected chi connectivity index (χ1v) is 10.9. The summed E-state index contributed by atoms with van der Waals surface area (Å²) < 4.78 is 0. The Bertz CT molecular complexity index is 871. The van der Waals surface area contributed by atoms with Crippen LogP contribution in [0.2, 0.25) is 0 Å². The van der Waals surface area contributed by atoms with Crippen LogP contribution < -0.4 is 5.32 Å². The lowest BCUT2D eigenvalue weighted by Crippen LogP contribution is -2.34. The molecule has 1 fully saturated rings. The Balaban J connectivity index is 1.30. The monoisotopic (exact) mass is 393 g/mol. The van der Waals surface area contributed by atoms with E-state index in [9.17, 15) is 0 Å². The second-order valence-electron chi connectivity index (χ2n) is 7.28. The predicted octanol–water partition coefficient (Wildman–Crippen LogP) is 4.66. The molecule has 1 aliphatic heterocycles. The number of nitrogens with zero attached hydrogens (tertiary/aromatic N) is 4. The molecule has 0 amide bonds. The molecule has 1 aliphatic rings. The van der Waals surface area contributed by atoms with Crippen molar-refractivity contribution in [3.8, 4) is 0 Å². The highest BCUT2D eigenvalue weighted by Gasteiger charge is 2.21. The van der Waals surface area contributed by atoms with Crippen LogP contribution in [-0.2, 0) is 12.8 Å². The first-order valence-electron chi connectivity index (χ1n) is 10.1. The Morgan fingerprint density at radius 1 is 1.04 bits per heavy atom. The summed E-state index contributed by atoms with van der Waals surface area (Å²) in [7, 11) is 0. The predicted molar refractivity (Wildman–Crippen MR) is 115 cm³/mol. The van der Waals surface area contributed by atoms with Crippen LogP contribution in [-0.4, -0.2) is 39.7 Å². The van der Waals surface area contributed by atoms with E-state index >= 15 is 0 Å². The van der Waals surface area contributed by atoms with Crippen molar-refractivity contribution in [2.24, 2.45) is 0 Å². The fourth-order valence-corrected chi connectivity index (χ4v) is 4.38. The van der Waals surface area contributed by atoms with Gasteiger partial charge in [-0.2, -0.15) is 0 Å². The van der Waals surface area contributed by atoms with Gasteiger partial charge in [-0.3, -0.25) is 0 Å². The van der Waals surface area contributed by atoms with E-state index in [0.717, 1.165) is 48.4 Å². The van der Waals surface area contributed by atoms with Gasteiger partial charge in [-0.25, -0.2) is 4.98 Å². The average Bonchev–Trinajstić information content (AvgIpc) is 3.21. The van der Waals surface area contributed by atoms with E-state index in [1.54, 1.807) is 11.3 Å². The minimum atomic E-state index is 0.537. The van der Waals surface area contributed by atoms with E-state index in [0.29, 0.717) is 5.92 Å². The maximum atomic E-state index is 4.85. The van der Waals surface area contributed by atoms with Crippen molar-refractivity contribution in [2.45, 2.75) is 38.5 Å². The lowest BCUT2D eigenvalue weighted by atomic mass is 9.93. The number of likely N-dealkylation sites (tertiary alicyclic amines) is 1. The van der Waals surface area contributed by atoms with Crippen molar-refractivity contribution in [2.75, 3.05) is 25.0 Å². The molecule has 3 aromatic rings. The molecule has 0 unspecified atom stereocenters. The van der Waals surface area contributed by atoms with Gasteiger partial charge >= 0.3 is 0 Å². The topological polar surface area (TPSA) is 53.9 Å². The summed E-state index contributed by atoms with van der Waals surface area (Å²) in [4.78, 5) is 7.44. The summed E-state index contributed by atoms with van der Waals surface area (Å²) in [6.07, 6.45) is 4.38. The number of rotatable bonds is 7. The van der Waals surface area contributed by atoms with Crippen LogP contribution in [0.4, 0.5) is 10.9 Å². The molecule has 1 N–H and O–H groups in total. The van der Waals surface area contributed by atoms with Gasteiger partial charge in [0.2, 0.25) is 5.13 Å². The normalized spacial score (nSPS) is 15.6. The summed E-state index contributed by atoms with van der Waals surface area (Å²) >= 11 is 1.59. The van der Waals surface area contributed by atoms with Gasteiger partial charge in [-0.1, -0.05) is 54.7 Å². The van der Waals surface area contributed by atoms with Gasteiger partial charge in [-0.15, -0.1) is 10.2 Å². The average molecular weight is 394 g/mol. The number of hydrogen-bond acceptors (Lipinski definition) is 6. The maximum absolute atomic E-state index is 4.85. The van der Waals surface area contributed by atoms with Crippen LogP contribution in [0.25, 0.3) is 0 Å². The molecule has 1 saturated heterocycles. The number of pyridine rings is 1. The molecule has 3 heterocycles. The summed E-state index contributed by atoms with van der Waals surface area (Å²) in [5.41, 5.74) is 2.61. The van der Waals surface area contributed by atoms with Crippen LogP contribution in [0.3, 0.4) is 0 Å². The number of nitrogens with one attached hydrogen (secondary N) is 1. The molecule has 5 nitrogen and oxygen atoms in total. The first kappa shape index (κ1) is 19.0. The quantitative estimate of drug-likeness (QED) is 0.633. The molecule has 0 saturated carbocycles. The molecule has 0 bridgehead atoms. The van der Waals surface area contributed by atoms with Crippen LogP contribution in [0, 0.1) is 0 Å². The number of aromatic nitrogens is 3. The van der Waals surface area contributed by atoms with Gasteiger partial charge in [-0.05, 0) is 56.5 Å². The van der Waals surface area contributed by atoms with E-state index in [-0.39, 0.29) is 0 Å². The molecular weight excluding hydrogens is 366 g/mol. The molecule has 6 heteroatoms. The van der Waals surface area contributed by atoms with Crippen LogP contribution in [0.15, 0.2) is 48.5 Å². The van der Waals surface area contributed by atoms with Crippen molar-refractivity contribution < 1.29 is 0 Å². The van der Waals surface area contributed by atoms with Crippen molar-refractivity contribution in [1.82, 2.24) is 20.1 Å². The summed E-state index contributed by atoms with van der Waals surface area (Å²) in [5.74, 6) is 1.40. The first-order chi connectivity index (χ1) is 13.8. The Morgan fingerprint density at radius 2 is 1.86 bits per heavy atom. The number of hydrogen-bond donors (Lipinski definition) is 1. The molecule has 4 rings (SSSR count). The van der Waals surface area contributed by atoms with Crippen LogP contribution in [0.5, 0.6) is 0 Å². The third-order valence-corrected chi connectivity index (χ3v) is 6.32. The molecule has 28 heavy (non-hydrogen) atoms. The zero-order chi connectivity index (χ0) is 19.2. The Labute approximate surface area is 170 Å². The molecule has 0 aliphatic carbocycles. The second kappa shape index (κ2) is 9.26. The lowest BCUT2D eigenvalue weighted by molar-refractivity contribution is 0.213. The second-order valence-corrected chi connectivity index (χ2v) is 8.34. The third kappa shape index (κ3) is 4.94. The standard InChI is InChI=1S/C22H27N5S/c1-2-21-25-26-22(28-21)24-20-10-6-9-19(23-20)18-12-15-27(16-13-18)14-11-17-7-4-3-5-8-17/h3-10,18H,2,11-16H2,1H3,(H,23,24,26). The summed E-state index contributed by atoms with van der Waals surface area (Å²) in [6.45, 7) is 5.53. The Kier molecular flexibility index (Phi) is 6.29. The SMILES string of the molecule is CCc1nnc(Nc2cccc(C3CCN(CCc4ccccc4)CC3)n2)s1. The number of anilines is 2. The van der Waals surface area contributed by atoms with E-state index in [2.05, 4.69) is 69.8 Å². The van der Waals surface area contributed by atoms with E-state index in [4.69, 9.17) is 4.98 Å². The van der Waals surface area contributed by atoms with Crippen molar-refractivity contribution in [3.63, 3.8) is 0 Å². The molecule has 146 valence electrons. The fraction of sp³-hybridized carbons (Fsp3) is 0.409. The highest BCUT2D eigenvalue weighted by Crippen LogP contribution is 2.28. The summed E-state index contributed by atoms with van der Waals surface area (Å²) in [5, 5.41) is 13.5. The van der Waals surface area contributed by atoms with Gasteiger partial charge in [0.15, 0.2) is 0 Å². The molecule has 0 atom stereocenters. The van der Waals surface area contributed by atoms with Gasteiger partial charge in [0.1, 0.15) is 10.8 Å². The van der Waals surface area contributed by atoms with Crippen molar-refractivity contribution in [1.29, 1.82) is 0 Å². The number of piperidine rings is 1. The molecule has 0 spiro atoms. The molecular formula is C22H27N5S. The molecule has 2 aromatic heterocycles. The van der Waals surface area contributed by atoms with E-state index in [1.807, 2.05) is 6.07 Å². The Morgan fingerprint density at radius 3 is 2.61 bits per heavy atom. The van der Waals surface area contributed by atoms with Gasteiger partial charge in [0, 0.05) is 18.2 Å². The minimum Gasteiger partial charge on any atom is -0.315 e. The van der Waals surface area contributed by atoms with Gasteiger partial charge in [0.05, 0.1) is 0 Å². The largest absolute Gasteiger partial charge is 0.315 e. The zero-order valence-corrected chi connectivity index (χ0v) is 17.2. The smallest absolute Gasteiger partial charge is 0.211 e. The van der Waals surface area contributed by atoms with Crippen LogP contribution >= 0.6 is 11.3 Å². The van der Waals surface area contributed by atoms with Crippen molar-refractivity contribution in [3.05, 3.63) is 64.8 Å². The zero-order valence-electron chi connectivity index (χ0n) is 16.3. The van der Waals surface area contributed by atoms with E-state index in [1.165, 1.54) is 24.1 Å². The fourth-order valence-electron chi connectivity index (χ4n) is 3.69. The lowest BCUT2D eigenvalue weighted by Gasteiger charge is -2.31. The van der Waals surface area contributed by atoms with Gasteiger partial charge in [0.25, 0.3) is 0 Å². The number of aryl methyl sites for hydroxylation is 1. The van der Waals surface area contributed by atoms with Crippen molar-refractivity contribution >= 4 is 22.3 Å². The van der Waals surface area contributed by atoms with E-state index < -0.39 is 0 Å². The summed E-state index contributed by atoms with van der Waals surface area (Å²) in [6, 6.07) is 17.0. The highest BCUT2D eigenvalue weighted by molar-refractivity contribution is 7.15. The van der Waals surface area contributed by atoms with Gasteiger partial charge < -0.3 is 10.2 Å². The molecule has 0 radical (unpaired) electrons. The third-order valence-electron chi connectivity index (χ3n) is 5.34. The van der Waals surface area contributed by atoms with Crippen LogP contribution in [0.1, 0.15) is 41.9 Å². The Hall–Kier alpha value is -2.31. The highest BCUT2D eigenvalue weighted by atomic mass is 32.1.